The van der Waals surface area contributed by atoms with Crippen molar-refractivity contribution in [3.63, 3.8) is 0 Å². The van der Waals surface area contributed by atoms with Gasteiger partial charge < -0.3 is 11.1 Å². The van der Waals surface area contributed by atoms with Crippen molar-refractivity contribution in [3.05, 3.63) is 75.8 Å². The van der Waals surface area contributed by atoms with Gasteiger partial charge in [0.15, 0.2) is 5.96 Å². The highest BCUT2D eigenvalue weighted by Gasteiger charge is 2.03. The molecule has 0 spiro atoms. The van der Waals surface area contributed by atoms with Crippen LogP contribution in [0.5, 0.6) is 0 Å². The van der Waals surface area contributed by atoms with Crippen LogP contribution in [0.1, 0.15) is 11.1 Å². The van der Waals surface area contributed by atoms with E-state index in [9.17, 15) is 10.1 Å². The third-order valence-corrected chi connectivity index (χ3v) is 2.90. The van der Waals surface area contributed by atoms with Crippen LogP contribution in [-0.4, -0.2) is 10.9 Å². The van der Waals surface area contributed by atoms with E-state index in [1.54, 1.807) is 12.1 Å². The topological polar surface area (TPSA) is 93.5 Å². The quantitative estimate of drug-likeness (QED) is 0.381. The van der Waals surface area contributed by atoms with E-state index in [1.807, 2.05) is 30.3 Å². The fourth-order valence-corrected chi connectivity index (χ4v) is 1.74. The van der Waals surface area contributed by atoms with Crippen molar-refractivity contribution in [1.29, 1.82) is 0 Å². The van der Waals surface area contributed by atoms with E-state index in [2.05, 4.69) is 10.3 Å². The second kappa shape index (κ2) is 7.04. The molecule has 6 heteroatoms. The molecule has 3 N–H and O–H groups in total. The zero-order valence-corrected chi connectivity index (χ0v) is 11.4. The molecule has 0 saturated carbocycles. The van der Waals surface area contributed by atoms with Gasteiger partial charge in [0.05, 0.1) is 11.5 Å². The van der Waals surface area contributed by atoms with Gasteiger partial charge in [0.1, 0.15) is 0 Å². The number of nitro benzene ring substituents is 1. The smallest absolute Gasteiger partial charge is 0.269 e. The first-order valence-corrected chi connectivity index (χ1v) is 6.46. The molecule has 108 valence electrons. The Balaban J connectivity index is 1.85. The molecule has 2 aromatic carbocycles. The number of rotatable bonds is 5. The number of hydrogen-bond donors (Lipinski definition) is 2. The summed E-state index contributed by atoms with van der Waals surface area (Å²) >= 11 is 0. The Morgan fingerprint density at radius 3 is 2.38 bits per heavy atom. The molecular weight excluding hydrogens is 268 g/mol. The lowest BCUT2D eigenvalue weighted by atomic mass is 10.2. The maximum atomic E-state index is 10.5. The summed E-state index contributed by atoms with van der Waals surface area (Å²) in [5.41, 5.74) is 7.83. The van der Waals surface area contributed by atoms with Crippen LogP contribution in [0, 0.1) is 10.1 Å². The van der Waals surface area contributed by atoms with Crippen molar-refractivity contribution >= 4 is 11.6 Å². The summed E-state index contributed by atoms with van der Waals surface area (Å²) in [7, 11) is 0. The number of nitrogens with one attached hydrogen (secondary N) is 1. The van der Waals surface area contributed by atoms with Crippen LogP contribution in [0.4, 0.5) is 5.69 Å². The van der Waals surface area contributed by atoms with Gasteiger partial charge in [0, 0.05) is 18.7 Å². The van der Waals surface area contributed by atoms with E-state index in [4.69, 9.17) is 5.73 Å². The summed E-state index contributed by atoms with van der Waals surface area (Å²) in [6.45, 7) is 0.988. The number of nitrogens with zero attached hydrogens (tertiary/aromatic N) is 2. The number of guanidine groups is 1. The lowest BCUT2D eigenvalue weighted by Gasteiger charge is -2.05. The van der Waals surface area contributed by atoms with Gasteiger partial charge in [-0.05, 0) is 11.1 Å². The first kappa shape index (κ1) is 14.5. The van der Waals surface area contributed by atoms with E-state index in [0.717, 1.165) is 11.1 Å². The van der Waals surface area contributed by atoms with Crippen molar-refractivity contribution in [2.75, 3.05) is 0 Å². The standard InChI is InChI=1S/C15H16N4O2/c16-15(17-10-12-4-2-1-3-5-12)18-11-13-6-8-14(9-7-13)19(20)21/h1-9H,10-11H2,(H3,16,17,18). The van der Waals surface area contributed by atoms with Gasteiger partial charge in [-0.15, -0.1) is 0 Å². The normalized spacial score (nSPS) is 11.1. The number of nitro groups is 1. The average Bonchev–Trinajstić information content (AvgIpc) is 2.52. The molecule has 2 aromatic rings. The molecule has 0 aliphatic heterocycles. The molecule has 0 aliphatic carbocycles. The maximum Gasteiger partial charge on any atom is 0.269 e. The maximum absolute atomic E-state index is 10.5. The van der Waals surface area contributed by atoms with Crippen molar-refractivity contribution < 1.29 is 4.92 Å². The molecule has 0 bridgehead atoms. The number of nitrogens with two attached hydrogens (primary N) is 1. The van der Waals surface area contributed by atoms with E-state index in [-0.39, 0.29) is 5.69 Å². The van der Waals surface area contributed by atoms with E-state index in [0.29, 0.717) is 19.0 Å². The summed E-state index contributed by atoms with van der Waals surface area (Å²) in [5.74, 6) is 0.345. The lowest BCUT2D eigenvalue weighted by Crippen LogP contribution is -2.31. The Hall–Kier alpha value is -2.89. The van der Waals surface area contributed by atoms with Crippen molar-refractivity contribution in [1.82, 2.24) is 5.32 Å². The highest BCUT2D eigenvalue weighted by Crippen LogP contribution is 2.11. The fourth-order valence-electron chi connectivity index (χ4n) is 1.74. The Bertz CT molecular complexity index is 624. The van der Waals surface area contributed by atoms with Crippen LogP contribution in [-0.2, 0) is 13.1 Å². The van der Waals surface area contributed by atoms with E-state index in [1.165, 1.54) is 12.1 Å². The van der Waals surface area contributed by atoms with Crippen LogP contribution in [0.2, 0.25) is 0 Å². The summed E-state index contributed by atoms with van der Waals surface area (Å²) in [4.78, 5) is 14.4. The van der Waals surface area contributed by atoms with Gasteiger partial charge in [-0.2, -0.15) is 0 Å². The minimum absolute atomic E-state index is 0.0736. The fraction of sp³-hybridized carbons (Fsp3) is 0.133. The monoisotopic (exact) mass is 284 g/mol. The van der Waals surface area contributed by atoms with Gasteiger partial charge in [-0.3, -0.25) is 10.1 Å². The molecule has 0 radical (unpaired) electrons. The second-order valence-corrected chi connectivity index (χ2v) is 4.46. The summed E-state index contributed by atoms with van der Waals surface area (Å²) in [6, 6.07) is 16.1. The SMILES string of the molecule is NC(=NCc1ccccc1)NCc1ccc([N+](=O)[O-])cc1. The number of non-ortho nitro benzene ring substituents is 1. The highest BCUT2D eigenvalue weighted by atomic mass is 16.6. The van der Waals surface area contributed by atoms with Gasteiger partial charge in [0.2, 0.25) is 0 Å². The average molecular weight is 284 g/mol. The molecule has 2 rings (SSSR count). The van der Waals surface area contributed by atoms with Crippen molar-refractivity contribution in [3.8, 4) is 0 Å². The van der Waals surface area contributed by atoms with Gasteiger partial charge in [-0.25, -0.2) is 4.99 Å². The molecule has 6 nitrogen and oxygen atoms in total. The molecule has 0 aromatic heterocycles. The molecule has 0 amide bonds. The summed E-state index contributed by atoms with van der Waals surface area (Å²) in [5, 5.41) is 13.5. The number of hydrogen-bond acceptors (Lipinski definition) is 3. The predicted octanol–water partition coefficient (Wildman–Crippen LogP) is 2.20. The molecule has 0 heterocycles. The minimum Gasteiger partial charge on any atom is -0.370 e. The minimum atomic E-state index is -0.424. The first-order chi connectivity index (χ1) is 10.1. The molecular formula is C15H16N4O2. The van der Waals surface area contributed by atoms with Gasteiger partial charge in [-0.1, -0.05) is 42.5 Å². The van der Waals surface area contributed by atoms with Crippen LogP contribution in [0.15, 0.2) is 59.6 Å². The number of aliphatic imine (C=N–C) groups is 1. The molecule has 21 heavy (non-hydrogen) atoms. The lowest BCUT2D eigenvalue weighted by molar-refractivity contribution is -0.384. The van der Waals surface area contributed by atoms with Gasteiger partial charge >= 0.3 is 0 Å². The van der Waals surface area contributed by atoms with Crippen LogP contribution in [0.25, 0.3) is 0 Å². The zero-order valence-electron chi connectivity index (χ0n) is 11.4. The Morgan fingerprint density at radius 2 is 1.76 bits per heavy atom. The molecule has 0 unspecified atom stereocenters. The number of benzene rings is 2. The predicted molar refractivity (Wildman–Crippen MR) is 81.7 cm³/mol. The Kier molecular flexibility index (Phi) is 4.87. The third kappa shape index (κ3) is 4.61. The largest absolute Gasteiger partial charge is 0.370 e. The molecule has 0 atom stereocenters. The Labute approximate surface area is 122 Å². The third-order valence-electron chi connectivity index (χ3n) is 2.90. The van der Waals surface area contributed by atoms with Crippen molar-refractivity contribution in [2.45, 2.75) is 13.1 Å². The van der Waals surface area contributed by atoms with Gasteiger partial charge in [0.25, 0.3) is 5.69 Å². The summed E-state index contributed by atoms with van der Waals surface area (Å²) in [6.07, 6.45) is 0. The second-order valence-electron chi connectivity index (χ2n) is 4.46. The molecule has 0 fully saturated rings. The molecule has 0 saturated heterocycles. The highest BCUT2D eigenvalue weighted by molar-refractivity contribution is 5.77. The first-order valence-electron chi connectivity index (χ1n) is 6.46. The Morgan fingerprint density at radius 1 is 1.10 bits per heavy atom. The van der Waals surface area contributed by atoms with Crippen LogP contribution < -0.4 is 11.1 Å². The summed E-state index contributed by atoms with van der Waals surface area (Å²) < 4.78 is 0. The molecule has 0 aliphatic rings. The van der Waals surface area contributed by atoms with E-state index >= 15 is 0 Å². The van der Waals surface area contributed by atoms with E-state index < -0.39 is 4.92 Å². The van der Waals surface area contributed by atoms with Crippen LogP contribution in [0.3, 0.4) is 0 Å². The van der Waals surface area contributed by atoms with Crippen LogP contribution >= 0.6 is 0 Å². The van der Waals surface area contributed by atoms with Crippen molar-refractivity contribution in [2.24, 2.45) is 10.7 Å². The zero-order chi connectivity index (χ0) is 15.1.